The van der Waals surface area contributed by atoms with Crippen LogP contribution in [-0.2, 0) is 14.3 Å². The summed E-state index contributed by atoms with van der Waals surface area (Å²) in [6, 6.07) is 4.63. The summed E-state index contributed by atoms with van der Waals surface area (Å²) in [5.74, 6) is 0.698. The van der Waals surface area contributed by atoms with Crippen LogP contribution in [0.1, 0.15) is 45.7 Å². The largest absolute Gasteiger partial charge is 0.493 e. The Hall–Kier alpha value is -3.63. The molecule has 0 fully saturated rings. The van der Waals surface area contributed by atoms with Crippen LogP contribution < -0.4 is 14.8 Å². The molecule has 1 atom stereocenters. The van der Waals surface area contributed by atoms with Crippen molar-refractivity contribution in [2.24, 2.45) is 0 Å². The number of hydrogen-bond acceptors (Lipinski definition) is 9. The summed E-state index contributed by atoms with van der Waals surface area (Å²) in [6.45, 7) is 8.98. The number of aromatic nitrogens is 4. The molecule has 1 amide bonds. The van der Waals surface area contributed by atoms with E-state index in [1.807, 2.05) is 20.8 Å². The lowest BCUT2D eigenvalue weighted by Gasteiger charge is -2.28. The van der Waals surface area contributed by atoms with E-state index in [9.17, 15) is 9.59 Å². The van der Waals surface area contributed by atoms with Gasteiger partial charge in [-0.25, -0.2) is 4.79 Å². The second kappa shape index (κ2) is 10.8. The molecule has 178 valence electrons. The van der Waals surface area contributed by atoms with E-state index in [-0.39, 0.29) is 12.5 Å². The van der Waals surface area contributed by atoms with Gasteiger partial charge in [0.1, 0.15) is 6.04 Å². The molecule has 0 radical (unpaired) electrons. The summed E-state index contributed by atoms with van der Waals surface area (Å²) < 4.78 is 18.2. The van der Waals surface area contributed by atoms with E-state index in [1.54, 1.807) is 30.0 Å². The van der Waals surface area contributed by atoms with Crippen molar-refractivity contribution in [3.63, 3.8) is 0 Å². The maximum atomic E-state index is 12.9. The van der Waals surface area contributed by atoms with Crippen LogP contribution in [0.25, 0.3) is 0 Å². The summed E-state index contributed by atoms with van der Waals surface area (Å²) >= 11 is 0. The lowest BCUT2D eigenvalue weighted by molar-refractivity contribution is -0.139. The third-order valence-corrected chi connectivity index (χ3v) is 5.34. The summed E-state index contributed by atoms with van der Waals surface area (Å²) in [5, 5.41) is 14.8. The van der Waals surface area contributed by atoms with Crippen LogP contribution in [0.3, 0.4) is 0 Å². The Morgan fingerprint density at radius 1 is 1.18 bits per heavy atom. The standard InChI is InChI=1S/C22H30N6O5/c1-6-11-32-21(30)19-14(4)23-22-24-25-26-28(22)20(19)15-9-10-16(17(12-15)31-5)33-13-18(29)27(7-2)8-3/h9-10,12,20H,6-8,11,13H2,1-5H3,(H,23,24,26). The third-order valence-electron chi connectivity index (χ3n) is 5.34. The molecule has 0 spiro atoms. The van der Waals surface area contributed by atoms with Crippen molar-refractivity contribution in [2.45, 2.75) is 40.2 Å². The first-order valence-electron chi connectivity index (χ1n) is 11.0. The Balaban J connectivity index is 1.93. The van der Waals surface area contributed by atoms with Gasteiger partial charge >= 0.3 is 5.97 Å². The molecule has 1 aromatic carbocycles. The average Bonchev–Trinajstić information content (AvgIpc) is 3.29. The third kappa shape index (κ3) is 5.07. The second-order valence-electron chi connectivity index (χ2n) is 7.41. The number of hydrogen-bond donors (Lipinski definition) is 1. The summed E-state index contributed by atoms with van der Waals surface area (Å²) in [4.78, 5) is 26.9. The van der Waals surface area contributed by atoms with Crippen molar-refractivity contribution < 1.29 is 23.8 Å². The van der Waals surface area contributed by atoms with Gasteiger partial charge in [0.25, 0.3) is 5.91 Å². The minimum Gasteiger partial charge on any atom is -0.493 e. The molecule has 1 N–H and O–H groups in total. The van der Waals surface area contributed by atoms with Gasteiger partial charge in [0, 0.05) is 18.8 Å². The number of nitrogens with one attached hydrogen (secondary N) is 1. The predicted molar refractivity (Wildman–Crippen MR) is 120 cm³/mol. The van der Waals surface area contributed by atoms with Crippen molar-refractivity contribution in [3.05, 3.63) is 35.0 Å². The topological polar surface area (TPSA) is 121 Å². The highest BCUT2D eigenvalue weighted by Gasteiger charge is 2.35. The molecule has 2 heterocycles. The molecular weight excluding hydrogens is 428 g/mol. The first kappa shape index (κ1) is 24.0. The number of rotatable bonds is 10. The van der Waals surface area contributed by atoms with Gasteiger partial charge in [0.15, 0.2) is 18.1 Å². The van der Waals surface area contributed by atoms with E-state index in [2.05, 4.69) is 20.8 Å². The molecule has 1 aromatic heterocycles. The summed E-state index contributed by atoms with van der Waals surface area (Å²) in [6.07, 6.45) is 0.707. The molecule has 1 aliphatic rings. The maximum Gasteiger partial charge on any atom is 0.338 e. The van der Waals surface area contributed by atoms with Crippen molar-refractivity contribution in [2.75, 3.05) is 38.7 Å². The van der Waals surface area contributed by atoms with E-state index >= 15 is 0 Å². The fourth-order valence-corrected chi connectivity index (χ4v) is 3.64. The number of allylic oxidation sites excluding steroid dienone is 1. The minimum atomic E-state index is -0.624. The van der Waals surface area contributed by atoms with Crippen LogP contribution in [-0.4, -0.2) is 70.4 Å². The Bertz CT molecular complexity index is 1030. The number of benzene rings is 1. The zero-order valence-corrected chi connectivity index (χ0v) is 19.6. The van der Waals surface area contributed by atoms with Gasteiger partial charge in [-0.15, -0.1) is 0 Å². The van der Waals surface area contributed by atoms with Gasteiger partial charge in [-0.3, -0.25) is 4.79 Å². The van der Waals surface area contributed by atoms with Crippen LogP contribution in [0.5, 0.6) is 11.5 Å². The first-order valence-corrected chi connectivity index (χ1v) is 11.0. The number of tetrazole rings is 1. The summed E-state index contributed by atoms with van der Waals surface area (Å²) in [7, 11) is 1.51. The van der Waals surface area contributed by atoms with Crippen LogP contribution in [0, 0.1) is 0 Å². The number of fused-ring (bicyclic) bond motifs is 1. The van der Waals surface area contributed by atoms with Crippen molar-refractivity contribution in [3.8, 4) is 11.5 Å². The van der Waals surface area contributed by atoms with E-state index < -0.39 is 12.0 Å². The van der Waals surface area contributed by atoms with Gasteiger partial charge in [0.2, 0.25) is 5.95 Å². The number of esters is 1. The molecule has 33 heavy (non-hydrogen) atoms. The summed E-state index contributed by atoms with van der Waals surface area (Å²) in [5.41, 5.74) is 1.70. The second-order valence-corrected chi connectivity index (χ2v) is 7.41. The molecule has 11 nitrogen and oxygen atoms in total. The number of nitrogens with zero attached hydrogens (tertiary/aromatic N) is 5. The predicted octanol–water partition coefficient (Wildman–Crippen LogP) is 2.17. The first-order chi connectivity index (χ1) is 15.9. The lowest BCUT2D eigenvalue weighted by Crippen LogP contribution is -2.34. The van der Waals surface area contributed by atoms with E-state index in [4.69, 9.17) is 14.2 Å². The SMILES string of the molecule is CCCOC(=O)C1=C(C)Nc2nnnn2C1c1ccc(OCC(=O)N(CC)CC)c(OC)c1. The zero-order valence-electron chi connectivity index (χ0n) is 19.6. The quantitative estimate of drug-likeness (QED) is 0.534. The molecule has 0 saturated heterocycles. The fourth-order valence-electron chi connectivity index (χ4n) is 3.64. The van der Waals surface area contributed by atoms with Crippen molar-refractivity contribution in [1.29, 1.82) is 0 Å². The number of likely N-dealkylation sites (N-methyl/N-ethyl adjacent to an activating group) is 1. The number of carbonyl (C=O) groups is 2. The number of ether oxygens (including phenoxy) is 3. The van der Waals surface area contributed by atoms with Gasteiger partial charge in [-0.05, 0) is 55.3 Å². The monoisotopic (exact) mass is 458 g/mol. The highest BCUT2D eigenvalue weighted by molar-refractivity contribution is 5.92. The van der Waals surface area contributed by atoms with Crippen LogP contribution >= 0.6 is 0 Å². The molecule has 0 saturated carbocycles. The minimum absolute atomic E-state index is 0.102. The van der Waals surface area contributed by atoms with Crippen LogP contribution in [0.2, 0.25) is 0 Å². The van der Waals surface area contributed by atoms with Crippen molar-refractivity contribution >= 4 is 17.8 Å². The zero-order chi connectivity index (χ0) is 24.0. The average molecular weight is 459 g/mol. The number of anilines is 1. The smallest absolute Gasteiger partial charge is 0.338 e. The van der Waals surface area contributed by atoms with Crippen LogP contribution in [0.15, 0.2) is 29.5 Å². The van der Waals surface area contributed by atoms with E-state index in [1.165, 1.54) is 11.8 Å². The lowest BCUT2D eigenvalue weighted by atomic mass is 9.95. The normalized spacial score (nSPS) is 14.9. The van der Waals surface area contributed by atoms with E-state index in [0.717, 1.165) is 0 Å². The molecule has 0 aliphatic carbocycles. The van der Waals surface area contributed by atoms with Crippen LogP contribution in [0.4, 0.5) is 5.95 Å². The molecule has 11 heteroatoms. The molecular formula is C22H30N6O5. The van der Waals surface area contributed by atoms with Gasteiger partial charge in [-0.1, -0.05) is 18.1 Å². The van der Waals surface area contributed by atoms with Gasteiger partial charge in [-0.2, -0.15) is 4.68 Å². The number of carbonyl (C=O) groups excluding carboxylic acids is 2. The molecule has 1 aliphatic heterocycles. The van der Waals surface area contributed by atoms with Crippen molar-refractivity contribution in [1.82, 2.24) is 25.1 Å². The highest BCUT2D eigenvalue weighted by atomic mass is 16.5. The fraction of sp³-hybridized carbons (Fsp3) is 0.500. The highest BCUT2D eigenvalue weighted by Crippen LogP contribution is 2.38. The number of amides is 1. The Morgan fingerprint density at radius 2 is 1.94 bits per heavy atom. The van der Waals surface area contributed by atoms with E-state index in [0.29, 0.717) is 60.4 Å². The Morgan fingerprint density at radius 3 is 2.61 bits per heavy atom. The number of methoxy groups -OCH3 is 1. The maximum absolute atomic E-state index is 12.9. The van der Waals surface area contributed by atoms with Gasteiger partial charge < -0.3 is 24.4 Å². The molecule has 1 unspecified atom stereocenters. The Labute approximate surface area is 192 Å². The molecule has 2 aromatic rings. The molecule has 0 bridgehead atoms. The Kier molecular flexibility index (Phi) is 7.86. The van der Waals surface area contributed by atoms with Gasteiger partial charge in [0.05, 0.1) is 19.3 Å². The molecule has 3 rings (SSSR count).